The molecule has 8 atom stereocenters. The molecule has 0 aromatic rings. The van der Waals surface area contributed by atoms with Crippen molar-refractivity contribution in [3.05, 3.63) is 22.8 Å². The maximum Gasteiger partial charge on any atom is 0.341 e. The fourth-order valence-corrected chi connectivity index (χ4v) is 6.90. The van der Waals surface area contributed by atoms with E-state index in [1.54, 1.807) is 33.8 Å². The molecule has 1 unspecified atom stereocenters. The second kappa shape index (κ2) is 14.7. The molecule has 46 heavy (non-hydrogen) atoms. The quantitative estimate of drug-likeness (QED) is 0.0969. The van der Waals surface area contributed by atoms with Gasteiger partial charge in [0.05, 0.1) is 5.92 Å². The average molecular weight is 651 g/mol. The molecule has 2 fully saturated rings. The number of carbonyl (C=O) groups excluding carboxylic acids is 5. The van der Waals surface area contributed by atoms with E-state index in [9.17, 15) is 34.2 Å². The van der Waals surface area contributed by atoms with Gasteiger partial charge >= 0.3 is 29.8 Å². The highest BCUT2D eigenvalue weighted by molar-refractivity contribution is 5.88. The first-order chi connectivity index (χ1) is 21.5. The summed E-state index contributed by atoms with van der Waals surface area (Å²) in [4.78, 5) is 65.1. The van der Waals surface area contributed by atoms with Crippen molar-refractivity contribution in [2.24, 2.45) is 5.92 Å². The van der Waals surface area contributed by atoms with Crippen molar-refractivity contribution in [1.82, 2.24) is 0 Å². The van der Waals surface area contributed by atoms with E-state index in [1.165, 1.54) is 13.8 Å². The van der Waals surface area contributed by atoms with Crippen molar-refractivity contribution in [3.8, 4) is 0 Å². The summed E-state index contributed by atoms with van der Waals surface area (Å²) < 4.78 is 29.3. The van der Waals surface area contributed by atoms with E-state index in [1.807, 2.05) is 0 Å². The van der Waals surface area contributed by atoms with Gasteiger partial charge in [-0.2, -0.15) is 0 Å². The second-order valence-electron chi connectivity index (χ2n) is 13.1. The van der Waals surface area contributed by atoms with E-state index in [0.717, 1.165) is 32.6 Å². The highest BCUT2D eigenvalue weighted by Crippen LogP contribution is 2.57. The van der Waals surface area contributed by atoms with Crippen molar-refractivity contribution in [3.63, 3.8) is 0 Å². The zero-order valence-electron chi connectivity index (χ0n) is 28.3. The number of esters is 5. The normalized spacial score (nSPS) is 33.8. The zero-order valence-corrected chi connectivity index (χ0v) is 28.3. The molecule has 12 nitrogen and oxygen atoms in total. The van der Waals surface area contributed by atoms with Crippen molar-refractivity contribution in [2.75, 3.05) is 0 Å². The summed E-state index contributed by atoms with van der Waals surface area (Å²) in [5.41, 5.74) is -6.12. The lowest BCUT2D eigenvalue weighted by atomic mass is 9.75. The fraction of sp³-hybridized carbons (Fsp3) is 0.735. The van der Waals surface area contributed by atoms with Crippen LogP contribution in [0.15, 0.2) is 22.8 Å². The van der Waals surface area contributed by atoms with Gasteiger partial charge in [0.1, 0.15) is 11.7 Å². The van der Waals surface area contributed by atoms with E-state index in [2.05, 4.69) is 6.92 Å². The highest BCUT2D eigenvalue weighted by Gasteiger charge is 2.76. The largest absolute Gasteiger partial charge is 0.459 e. The van der Waals surface area contributed by atoms with Crippen LogP contribution in [0.5, 0.6) is 0 Å². The summed E-state index contributed by atoms with van der Waals surface area (Å²) >= 11 is 0. The minimum absolute atomic E-state index is 0.0234. The number of carbonyl (C=O) groups is 5. The van der Waals surface area contributed by atoms with Crippen LogP contribution in [0, 0.1) is 5.92 Å². The standard InChI is InChI=1S/C34H50O12/c1-9-12-13-14-15-17-24(37)43-28-26-25(20(5)27(28)44-30(38)19(4)11-3)29-34(41,33(8,40)31(39)45-29)22(42-23(36)16-10-2)18-32(26,7)46-21(6)35/h11,22,26-29,40-41H,9-10,12-18H2,1-8H3/b19-11-/t22-,26?,27+,28+,29+,32+,33-,34-/m1/s1. The number of hydrogen-bond donors (Lipinski definition) is 2. The van der Waals surface area contributed by atoms with Crippen LogP contribution in [0.25, 0.3) is 0 Å². The predicted molar refractivity (Wildman–Crippen MR) is 164 cm³/mol. The molecule has 12 heteroatoms. The Balaban J connectivity index is 2.23. The predicted octanol–water partition coefficient (Wildman–Crippen LogP) is 3.93. The molecule has 1 heterocycles. The molecule has 0 bridgehead atoms. The van der Waals surface area contributed by atoms with E-state index in [4.69, 9.17) is 23.7 Å². The molecule has 2 N–H and O–H groups in total. The number of ether oxygens (including phenoxy) is 5. The third kappa shape index (κ3) is 7.02. The lowest BCUT2D eigenvalue weighted by Gasteiger charge is -2.41. The molecule has 1 aliphatic heterocycles. The molecular formula is C34H50O12. The Morgan fingerprint density at radius 2 is 1.57 bits per heavy atom. The van der Waals surface area contributed by atoms with Crippen molar-refractivity contribution < 1.29 is 57.9 Å². The summed E-state index contributed by atoms with van der Waals surface area (Å²) in [6, 6.07) is 0. The maximum absolute atomic E-state index is 13.3. The number of unbranched alkanes of at least 4 members (excludes halogenated alkanes) is 4. The summed E-state index contributed by atoms with van der Waals surface area (Å²) in [5, 5.41) is 23.9. The van der Waals surface area contributed by atoms with Crippen molar-refractivity contribution in [2.45, 2.75) is 154 Å². The van der Waals surface area contributed by atoms with E-state index >= 15 is 0 Å². The van der Waals surface area contributed by atoms with Crippen molar-refractivity contribution >= 4 is 29.8 Å². The average Bonchev–Trinajstić information content (AvgIpc) is 3.30. The summed E-state index contributed by atoms with van der Waals surface area (Å²) in [7, 11) is 0. The van der Waals surface area contributed by atoms with Gasteiger partial charge < -0.3 is 33.9 Å². The minimum atomic E-state index is -2.57. The molecule has 1 saturated heterocycles. The van der Waals surface area contributed by atoms with Crippen LogP contribution < -0.4 is 0 Å². The Bertz CT molecular complexity index is 1260. The molecule has 0 spiro atoms. The number of aliphatic hydroxyl groups is 2. The van der Waals surface area contributed by atoms with Gasteiger partial charge in [0.15, 0.2) is 29.5 Å². The van der Waals surface area contributed by atoms with Gasteiger partial charge in [-0.3, -0.25) is 14.4 Å². The molecule has 0 amide bonds. The molecule has 3 aliphatic rings. The van der Waals surface area contributed by atoms with Crippen molar-refractivity contribution in [1.29, 1.82) is 0 Å². The Morgan fingerprint density at radius 3 is 2.15 bits per heavy atom. The maximum atomic E-state index is 13.3. The zero-order chi connectivity index (χ0) is 34.6. The lowest BCUT2D eigenvalue weighted by molar-refractivity contribution is -0.212. The molecule has 258 valence electrons. The highest BCUT2D eigenvalue weighted by atomic mass is 16.6. The summed E-state index contributed by atoms with van der Waals surface area (Å²) in [6.45, 7) is 12.4. The molecule has 0 aromatic carbocycles. The summed E-state index contributed by atoms with van der Waals surface area (Å²) in [6.07, 6.45) is 0.272. The second-order valence-corrected chi connectivity index (χ2v) is 13.1. The van der Waals surface area contributed by atoms with E-state index < -0.39 is 83.4 Å². The molecule has 3 rings (SSSR count). The third-order valence-electron chi connectivity index (χ3n) is 9.51. The molecule has 0 radical (unpaired) electrons. The first-order valence-electron chi connectivity index (χ1n) is 16.3. The van der Waals surface area contributed by atoms with Crippen LogP contribution in [0.1, 0.15) is 113 Å². The Labute approximate surface area is 270 Å². The smallest absolute Gasteiger partial charge is 0.341 e. The molecule has 1 saturated carbocycles. The fourth-order valence-electron chi connectivity index (χ4n) is 6.90. The minimum Gasteiger partial charge on any atom is -0.459 e. The summed E-state index contributed by atoms with van der Waals surface area (Å²) in [5.74, 6) is -5.03. The van der Waals surface area contributed by atoms with Gasteiger partial charge in [-0.1, -0.05) is 45.6 Å². The topological polar surface area (TPSA) is 172 Å². The van der Waals surface area contributed by atoms with Gasteiger partial charge in [-0.15, -0.1) is 0 Å². The van der Waals surface area contributed by atoms with Crippen LogP contribution >= 0.6 is 0 Å². The Morgan fingerprint density at radius 1 is 0.935 bits per heavy atom. The van der Waals surface area contributed by atoms with E-state index in [0.29, 0.717) is 12.8 Å². The van der Waals surface area contributed by atoms with Crippen LogP contribution in [0.2, 0.25) is 0 Å². The number of allylic oxidation sites excluding steroid dienone is 1. The monoisotopic (exact) mass is 650 g/mol. The van der Waals surface area contributed by atoms with Gasteiger partial charge in [0, 0.05) is 31.8 Å². The lowest BCUT2D eigenvalue weighted by Crippen LogP contribution is -2.64. The van der Waals surface area contributed by atoms with Crippen LogP contribution in [-0.4, -0.2) is 81.3 Å². The van der Waals surface area contributed by atoms with Gasteiger partial charge in [0.2, 0.25) is 0 Å². The molecule has 2 aliphatic carbocycles. The molecular weight excluding hydrogens is 600 g/mol. The van der Waals surface area contributed by atoms with Gasteiger partial charge in [0.25, 0.3) is 0 Å². The third-order valence-corrected chi connectivity index (χ3v) is 9.51. The number of hydrogen-bond acceptors (Lipinski definition) is 12. The van der Waals surface area contributed by atoms with Crippen LogP contribution in [0.4, 0.5) is 0 Å². The van der Waals surface area contributed by atoms with Crippen LogP contribution in [0.3, 0.4) is 0 Å². The Kier molecular flexibility index (Phi) is 11.9. The first-order valence-corrected chi connectivity index (χ1v) is 16.3. The van der Waals surface area contributed by atoms with Gasteiger partial charge in [-0.05, 0) is 58.6 Å². The SMILES string of the molecule is C/C=C(/C)C(=O)O[C@H]1C(C)=C2C([C@@H]1OC(=O)CCCCCCC)[C@@](C)(OC(C)=O)C[C@@H](OC(=O)CCC)[C@@]1(O)[C@H]2OC(=O)[C@@]1(C)O. The van der Waals surface area contributed by atoms with Crippen LogP contribution in [-0.2, 0) is 47.7 Å². The van der Waals surface area contributed by atoms with Gasteiger partial charge in [-0.25, -0.2) is 9.59 Å². The number of rotatable bonds is 13. The number of fused-ring (bicyclic) bond motifs is 3. The molecule has 0 aromatic heterocycles. The first kappa shape index (κ1) is 37.2. The Hall–Kier alpha value is -3.25. The van der Waals surface area contributed by atoms with E-state index in [-0.39, 0.29) is 29.6 Å².